The Bertz CT molecular complexity index is 542. The third kappa shape index (κ3) is 10.5. The summed E-state index contributed by atoms with van der Waals surface area (Å²) in [5.74, 6) is -1.81. The van der Waals surface area contributed by atoms with Crippen LogP contribution in [-0.4, -0.2) is 53.0 Å². The number of esters is 1. The molecule has 0 spiro atoms. The van der Waals surface area contributed by atoms with Gasteiger partial charge in [0, 0.05) is 0 Å². The molecule has 1 rings (SSSR count). The summed E-state index contributed by atoms with van der Waals surface area (Å²) in [6.45, 7) is 4.20. The van der Waals surface area contributed by atoms with E-state index in [0.29, 0.717) is 0 Å². The van der Waals surface area contributed by atoms with Gasteiger partial charge < -0.3 is 19.7 Å². The van der Waals surface area contributed by atoms with Gasteiger partial charge in [0.2, 0.25) is 11.9 Å². The van der Waals surface area contributed by atoms with E-state index in [0.717, 1.165) is 44.9 Å². The number of unbranched alkanes of at least 4 members (excludes halogenated alkanes) is 5. The molecular weight excluding hydrogens is 384 g/mol. The molecule has 1 heterocycles. The van der Waals surface area contributed by atoms with Gasteiger partial charge in [0.05, 0.1) is 12.7 Å². The number of allylic oxidation sites excluding steroid dienone is 4. The first kappa shape index (κ1) is 26.5. The van der Waals surface area contributed by atoms with Gasteiger partial charge in [0.25, 0.3) is 0 Å². The monoisotopic (exact) mass is 424 g/mol. The summed E-state index contributed by atoms with van der Waals surface area (Å²) in [6, 6.07) is 0. The highest BCUT2D eigenvalue weighted by Crippen LogP contribution is 2.18. The van der Waals surface area contributed by atoms with Crippen LogP contribution in [0.25, 0.3) is 0 Å². The van der Waals surface area contributed by atoms with Crippen molar-refractivity contribution in [3.8, 4) is 0 Å². The number of carbonyl (C=O) groups excluding carboxylic acids is 2. The fourth-order valence-corrected chi connectivity index (χ4v) is 3.40. The molecule has 172 valence electrons. The van der Waals surface area contributed by atoms with Crippen molar-refractivity contribution < 1.29 is 29.3 Å². The van der Waals surface area contributed by atoms with Crippen LogP contribution in [0.5, 0.6) is 0 Å². The number of ether oxygens (including phenoxy) is 2. The van der Waals surface area contributed by atoms with Crippen molar-refractivity contribution in [2.24, 2.45) is 0 Å². The van der Waals surface area contributed by atoms with E-state index >= 15 is 0 Å². The van der Waals surface area contributed by atoms with E-state index in [9.17, 15) is 19.8 Å². The summed E-state index contributed by atoms with van der Waals surface area (Å²) in [5.41, 5.74) is 0. The van der Waals surface area contributed by atoms with Crippen LogP contribution in [0.3, 0.4) is 0 Å². The fraction of sp³-hybridized carbons (Fsp3) is 0.750. The number of ketones is 1. The van der Waals surface area contributed by atoms with Crippen molar-refractivity contribution in [2.75, 3.05) is 6.61 Å². The quantitative estimate of drug-likeness (QED) is 0.158. The first-order valence-electron chi connectivity index (χ1n) is 11.5. The zero-order chi connectivity index (χ0) is 22.2. The van der Waals surface area contributed by atoms with Gasteiger partial charge in [-0.1, -0.05) is 63.8 Å². The topological polar surface area (TPSA) is 93.1 Å². The molecule has 0 radical (unpaired) electrons. The van der Waals surface area contributed by atoms with Gasteiger partial charge in [-0.25, -0.2) is 4.79 Å². The van der Waals surface area contributed by atoms with Gasteiger partial charge in [-0.2, -0.15) is 0 Å². The minimum atomic E-state index is -1.79. The van der Waals surface area contributed by atoms with Gasteiger partial charge in [-0.05, 0) is 44.9 Å². The van der Waals surface area contributed by atoms with Crippen molar-refractivity contribution in [3.63, 3.8) is 0 Å². The summed E-state index contributed by atoms with van der Waals surface area (Å²) < 4.78 is 10.5. The second-order valence-corrected chi connectivity index (χ2v) is 7.93. The van der Waals surface area contributed by atoms with Crippen molar-refractivity contribution in [1.82, 2.24) is 0 Å². The predicted octanol–water partition coefficient (Wildman–Crippen LogP) is 4.03. The van der Waals surface area contributed by atoms with Gasteiger partial charge in [-0.15, -0.1) is 0 Å². The van der Waals surface area contributed by atoms with E-state index in [-0.39, 0.29) is 12.7 Å². The van der Waals surface area contributed by atoms with E-state index in [2.05, 4.69) is 38.2 Å². The van der Waals surface area contributed by atoms with Crippen LogP contribution in [0, 0.1) is 0 Å². The van der Waals surface area contributed by atoms with Crippen molar-refractivity contribution in [2.45, 2.75) is 109 Å². The molecule has 2 unspecified atom stereocenters. The maximum atomic E-state index is 11.7. The summed E-state index contributed by atoms with van der Waals surface area (Å²) in [5, 5.41) is 19.4. The zero-order valence-corrected chi connectivity index (χ0v) is 18.6. The van der Waals surface area contributed by atoms with Gasteiger partial charge in [0.15, 0.2) is 6.10 Å². The standard InChI is InChI=1S/C24H40O6/c1-3-5-6-7-8-9-10-11-12-13-14-15-17-19(16-4-2)29-18-20(25)23-21(26)22(27)24(28)30-23/h8-9,11-12,19-20,22-23,25,27H,3-7,10,13-18H2,1-2H3/t19?,20-,22?,23+/m0/s1. The van der Waals surface area contributed by atoms with Crippen LogP contribution in [0.1, 0.15) is 84.5 Å². The number of Topliss-reactive ketones (excluding diaryl/α,β-unsaturated/α-hetero) is 1. The first-order chi connectivity index (χ1) is 14.5. The average Bonchev–Trinajstić information content (AvgIpc) is 2.99. The predicted molar refractivity (Wildman–Crippen MR) is 117 cm³/mol. The zero-order valence-electron chi connectivity index (χ0n) is 18.6. The second kappa shape index (κ2) is 16.2. The Morgan fingerprint density at radius 3 is 2.20 bits per heavy atom. The third-order valence-electron chi connectivity index (χ3n) is 5.21. The van der Waals surface area contributed by atoms with Crippen LogP contribution < -0.4 is 0 Å². The van der Waals surface area contributed by atoms with Gasteiger partial charge in [-0.3, -0.25) is 4.79 Å². The third-order valence-corrected chi connectivity index (χ3v) is 5.21. The molecule has 0 aliphatic carbocycles. The molecule has 0 saturated carbocycles. The minimum Gasteiger partial charge on any atom is -0.449 e. The summed E-state index contributed by atoms with van der Waals surface area (Å²) in [6.07, 6.45) is 16.4. The van der Waals surface area contributed by atoms with Crippen molar-refractivity contribution in [1.29, 1.82) is 0 Å². The number of aliphatic hydroxyl groups is 2. The average molecular weight is 425 g/mol. The lowest BCUT2D eigenvalue weighted by Gasteiger charge is -2.21. The maximum absolute atomic E-state index is 11.7. The van der Waals surface area contributed by atoms with Crippen LogP contribution in [0.4, 0.5) is 0 Å². The summed E-state index contributed by atoms with van der Waals surface area (Å²) >= 11 is 0. The Kier molecular flexibility index (Phi) is 14.4. The lowest BCUT2D eigenvalue weighted by molar-refractivity contribution is -0.153. The van der Waals surface area contributed by atoms with Crippen molar-refractivity contribution in [3.05, 3.63) is 24.3 Å². The Balaban J connectivity index is 2.18. The molecular formula is C24H40O6. The number of carbonyl (C=O) groups is 2. The van der Waals surface area contributed by atoms with E-state index in [1.54, 1.807) is 0 Å². The lowest BCUT2D eigenvalue weighted by atomic mass is 10.1. The molecule has 1 aliphatic rings. The number of hydrogen-bond acceptors (Lipinski definition) is 6. The molecule has 0 aromatic carbocycles. The summed E-state index contributed by atoms with van der Waals surface area (Å²) in [4.78, 5) is 22.9. The number of cyclic esters (lactones) is 1. The molecule has 1 aliphatic heterocycles. The van der Waals surface area contributed by atoms with E-state index < -0.39 is 30.1 Å². The van der Waals surface area contributed by atoms with E-state index in [1.165, 1.54) is 25.7 Å². The molecule has 0 bridgehead atoms. The largest absolute Gasteiger partial charge is 0.449 e. The molecule has 0 aromatic heterocycles. The molecule has 1 fully saturated rings. The van der Waals surface area contributed by atoms with Gasteiger partial charge >= 0.3 is 5.97 Å². The minimum absolute atomic E-state index is 0.00295. The van der Waals surface area contributed by atoms with E-state index in [1.807, 2.05) is 0 Å². The van der Waals surface area contributed by atoms with Crippen LogP contribution in [0.15, 0.2) is 24.3 Å². The molecule has 0 aromatic rings. The Morgan fingerprint density at radius 1 is 0.967 bits per heavy atom. The first-order valence-corrected chi connectivity index (χ1v) is 11.5. The smallest absolute Gasteiger partial charge is 0.343 e. The van der Waals surface area contributed by atoms with E-state index in [4.69, 9.17) is 9.47 Å². The molecule has 2 N–H and O–H groups in total. The SMILES string of the molecule is CCCCCC=CCC=CCCCCC(CCC)OC[C@H](O)[C@H]1OC(=O)C(O)C1=O. The Morgan fingerprint density at radius 2 is 1.63 bits per heavy atom. The van der Waals surface area contributed by atoms with Crippen LogP contribution >= 0.6 is 0 Å². The normalized spacial score (nSPS) is 21.6. The maximum Gasteiger partial charge on any atom is 0.343 e. The van der Waals surface area contributed by atoms with Crippen LogP contribution in [0.2, 0.25) is 0 Å². The number of rotatable bonds is 17. The molecule has 6 nitrogen and oxygen atoms in total. The van der Waals surface area contributed by atoms with Crippen LogP contribution in [-0.2, 0) is 19.1 Å². The number of hydrogen-bond donors (Lipinski definition) is 2. The molecule has 30 heavy (non-hydrogen) atoms. The molecule has 1 saturated heterocycles. The Hall–Kier alpha value is -1.50. The highest BCUT2D eigenvalue weighted by molar-refractivity contribution is 6.09. The number of aliphatic hydroxyl groups excluding tert-OH is 2. The highest BCUT2D eigenvalue weighted by Gasteiger charge is 2.46. The molecule has 0 amide bonds. The Labute approximate surface area is 181 Å². The summed E-state index contributed by atoms with van der Waals surface area (Å²) in [7, 11) is 0. The van der Waals surface area contributed by atoms with Gasteiger partial charge in [0.1, 0.15) is 6.10 Å². The molecule has 4 atom stereocenters. The van der Waals surface area contributed by atoms with Crippen molar-refractivity contribution >= 4 is 11.8 Å². The lowest BCUT2D eigenvalue weighted by Crippen LogP contribution is -2.38. The highest BCUT2D eigenvalue weighted by atomic mass is 16.6. The molecule has 6 heteroatoms. The fourth-order valence-electron chi connectivity index (χ4n) is 3.40. The second-order valence-electron chi connectivity index (χ2n) is 7.93.